The van der Waals surface area contributed by atoms with E-state index in [1.165, 1.54) is 36.5 Å². The first-order valence-corrected chi connectivity index (χ1v) is 9.21. The molecule has 2 nitrogen and oxygen atoms in total. The summed E-state index contributed by atoms with van der Waals surface area (Å²) in [5.41, 5.74) is 3.10. The van der Waals surface area contributed by atoms with Crippen LogP contribution in [0.1, 0.15) is 64.5 Å². The highest BCUT2D eigenvalue weighted by molar-refractivity contribution is 5.85. The summed E-state index contributed by atoms with van der Waals surface area (Å²) < 4.78 is 0. The highest BCUT2D eigenvalue weighted by Gasteiger charge is 2.29. The minimum Gasteiger partial charge on any atom is -0.360 e. The lowest BCUT2D eigenvalue weighted by Gasteiger charge is -2.36. The third-order valence-electron chi connectivity index (χ3n) is 5.41. The molecule has 2 aliphatic rings. The van der Waals surface area contributed by atoms with Crippen molar-refractivity contribution in [2.24, 2.45) is 16.8 Å². The number of aliphatic imine (C=N–C) groups is 1. The Hall–Kier alpha value is -1.31. The third-order valence-corrected chi connectivity index (χ3v) is 5.41. The predicted molar refractivity (Wildman–Crippen MR) is 99.3 cm³/mol. The van der Waals surface area contributed by atoms with Gasteiger partial charge >= 0.3 is 0 Å². The lowest BCUT2D eigenvalue weighted by molar-refractivity contribution is 0.211. The Morgan fingerprint density at radius 1 is 1.00 bits per heavy atom. The molecule has 3 unspecified atom stereocenters. The zero-order valence-electron chi connectivity index (χ0n) is 15.5. The Labute approximate surface area is 142 Å². The SMILES string of the molecule is CC1CC(C)CN(C2=NCC(c3ccc(C(C)(C)C)cc3)C2)C1. The lowest BCUT2D eigenvalue weighted by Crippen LogP contribution is -2.42. The topological polar surface area (TPSA) is 15.6 Å². The molecule has 0 N–H and O–H groups in total. The van der Waals surface area contributed by atoms with Gasteiger partial charge in [-0.1, -0.05) is 58.9 Å². The van der Waals surface area contributed by atoms with Crippen molar-refractivity contribution in [1.82, 2.24) is 4.90 Å². The van der Waals surface area contributed by atoms with Crippen molar-refractivity contribution in [3.8, 4) is 0 Å². The molecular formula is C21H32N2. The van der Waals surface area contributed by atoms with Crippen molar-refractivity contribution in [1.29, 1.82) is 0 Å². The molecule has 0 aliphatic carbocycles. The summed E-state index contributed by atoms with van der Waals surface area (Å²) in [7, 11) is 0. The number of rotatable bonds is 1. The number of hydrogen-bond donors (Lipinski definition) is 0. The molecular weight excluding hydrogens is 280 g/mol. The summed E-state index contributed by atoms with van der Waals surface area (Å²) in [6.45, 7) is 14.9. The Morgan fingerprint density at radius 3 is 2.17 bits per heavy atom. The van der Waals surface area contributed by atoms with Crippen molar-refractivity contribution in [2.45, 2.75) is 58.8 Å². The molecule has 3 atom stereocenters. The first kappa shape index (κ1) is 16.5. The Balaban J connectivity index is 1.65. The van der Waals surface area contributed by atoms with Crippen LogP contribution in [0.3, 0.4) is 0 Å². The first-order valence-electron chi connectivity index (χ1n) is 9.21. The Morgan fingerprint density at radius 2 is 1.61 bits per heavy atom. The second-order valence-electron chi connectivity index (χ2n) is 8.88. The van der Waals surface area contributed by atoms with Crippen molar-refractivity contribution >= 4 is 5.84 Å². The van der Waals surface area contributed by atoms with Crippen LogP contribution in [0.4, 0.5) is 0 Å². The smallest absolute Gasteiger partial charge is 0.0996 e. The monoisotopic (exact) mass is 312 g/mol. The molecule has 0 aromatic heterocycles. The standard InChI is InChI=1S/C21H32N2/c1-15-10-16(2)14-23(13-15)20-11-18(12-22-20)17-6-8-19(9-7-17)21(3,4)5/h6-9,15-16,18H,10-14H2,1-5H3. The van der Waals surface area contributed by atoms with Gasteiger partial charge in [-0.25, -0.2) is 0 Å². The summed E-state index contributed by atoms with van der Waals surface area (Å²) in [6, 6.07) is 9.26. The zero-order valence-corrected chi connectivity index (χ0v) is 15.5. The van der Waals surface area contributed by atoms with E-state index in [0.717, 1.165) is 24.8 Å². The normalized spacial score (nSPS) is 28.8. The molecule has 1 saturated heterocycles. The van der Waals surface area contributed by atoms with E-state index in [1.807, 2.05) is 0 Å². The highest BCUT2D eigenvalue weighted by atomic mass is 15.2. The molecule has 0 saturated carbocycles. The van der Waals surface area contributed by atoms with Crippen molar-refractivity contribution in [2.75, 3.05) is 19.6 Å². The number of hydrogen-bond acceptors (Lipinski definition) is 2. The van der Waals surface area contributed by atoms with Crippen LogP contribution in [0, 0.1) is 11.8 Å². The maximum absolute atomic E-state index is 4.90. The van der Waals surface area contributed by atoms with Crippen molar-refractivity contribution in [3.63, 3.8) is 0 Å². The van der Waals surface area contributed by atoms with Crippen LogP contribution in [0.5, 0.6) is 0 Å². The van der Waals surface area contributed by atoms with Crippen molar-refractivity contribution < 1.29 is 0 Å². The van der Waals surface area contributed by atoms with Crippen LogP contribution in [0.25, 0.3) is 0 Å². The van der Waals surface area contributed by atoms with Gasteiger partial charge in [0.25, 0.3) is 0 Å². The molecule has 0 bridgehead atoms. The molecule has 1 aromatic carbocycles. The Kier molecular flexibility index (Phi) is 4.53. The number of amidine groups is 1. The summed E-state index contributed by atoms with van der Waals surface area (Å²) in [4.78, 5) is 7.46. The van der Waals surface area contributed by atoms with Gasteiger partial charge in [0, 0.05) is 32.0 Å². The van der Waals surface area contributed by atoms with Crippen LogP contribution < -0.4 is 0 Å². The molecule has 2 heteroatoms. The van der Waals surface area contributed by atoms with Gasteiger partial charge in [0.1, 0.15) is 0 Å². The van der Waals surface area contributed by atoms with E-state index in [2.05, 4.69) is 63.8 Å². The number of piperidine rings is 1. The molecule has 126 valence electrons. The van der Waals surface area contributed by atoms with Crippen molar-refractivity contribution in [3.05, 3.63) is 35.4 Å². The van der Waals surface area contributed by atoms with Gasteiger partial charge < -0.3 is 4.90 Å². The molecule has 23 heavy (non-hydrogen) atoms. The van der Waals surface area contributed by atoms with E-state index < -0.39 is 0 Å². The fourth-order valence-electron chi connectivity index (χ4n) is 4.15. The van der Waals surface area contributed by atoms with Gasteiger partial charge in [0.15, 0.2) is 0 Å². The minimum atomic E-state index is 0.232. The van der Waals surface area contributed by atoms with Gasteiger partial charge in [-0.05, 0) is 34.8 Å². The second-order valence-corrected chi connectivity index (χ2v) is 8.88. The van der Waals surface area contributed by atoms with E-state index in [-0.39, 0.29) is 5.41 Å². The van der Waals surface area contributed by atoms with Crippen LogP contribution in [-0.4, -0.2) is 30.4 Å². The van der Waals surface area contributed by atoms with Gasteiger partial charge in [-0.2, -0.15) is 0 Å². The van der Waals surface area contributed by atoms with E-state index in [1.54, 1.807) is 0 Å². The van der Waals surface area contributed by atoms with Gasteiger partial charge in [-0.3, -0.25) is 4.99 Å². The minimum absolute atomic E-state index is 0.232. The van der Waals surface area contributed by atoms with E-state index in [4.69, 9.17) is 4.99 Å². The average molecular weight is 313 g/mol. The molecule has 1 fully saturated rings. The lowest BCUT2D eigenvalue weighted by atomic mass is 9.85. The summed E-state index contributed by atoms with van der Waals surface area (Å²) in [5.74, 6) is 3.53. The highest BCUT2D eigenvalue weighted by Crippen LogP contribution is 2.31. The van der Waals surface area contributed by atoms with Crippen LogP contribution in [-0.2, 0) is 5.41 Å². The average Bonchev–Trinajstić information content (AvgIpc) is 2.95. The Bertz CT molecular complexity index is 554. The largest absolute Gasteiger partial charge is 0.360 e. The molecule has 0 radical (unpaired) electrons. The van der Waals surface area contributed by atoms with Crippen LogP contribution in [0.15, 0.2) is 29.3 Å². The molecule has 0 amide bonds. The fourth-order valence-corrected chi connectivity index (χ4v) is 4.15. The maximum Gasteiger partial charge on any atom is 0.0996 e. The van der Waals surface area contributed by atoms with E-state index in [9.17, 15) is 0 Å². The molecule has 3 rings (SSSR count). The number of benzene rings is 1. The van der Waals surface area contributed by atoms with Gasteiger partial charge in [0.05, 0.1) is 5.84 Å². The fraction of sp³-hybridized carbons (Fsp3) is 0.667. The van der Waals surface area contributed by atoms with E-state index >= 15 is 0 Å². The van der Waals surface area contributed by atoms with Gasteiger partial charge in [0.2, 0.25) is 0 Å². The molecule has 0 spiro atoms. The van der Waals surface area contributed by atoms with Crippen LogP contribution >= 0.6 is 0 Å². The second kappa shape index (κ2) is 6.30. The summed E-state index contributed by atoms with van der Waals surface area (Å²) in [5, 5.41) is 0. The van der Waals surface area contributed by atoms with E-state index in [0.29, 0.717) is 5.92 Å². The maximum atomic E-state index is 4.90. The molecule has 1 aromatic rings. The number of nitrogens with zero attached hydrogens (tertiary/aromatic N) is 2. The summed E-state index contributed by atoms with van der Waals surface area (Å²) >= 11 is 0. The van der Waals surface area contributed by atoms with Crippen LogP contribution in [0.2, 0.25) is 0 Å². The predicted octanol–water partition coefficient (Wildman–Crippen LogP) is 4.85. The molecule has 2 heterocycles. The third kappa shape index (κ3) is 3.79. The zero-order chi connectivity index (χ0) is 16.6. The van der Waals surface area contributed by atoms with Gasteiger partial charge in [-0.15, -0.1) is 0 Å². The number of likely N-dealkylation sites (tertiary alicyclic amines) is 1. The molecule has 2 aliphatic heterocycles. The quantitative estimate of drug-likeness (QED) is 0.724. The first-order chi connectivity index (χ1) is 10.8. The summed E-state index contributed by atoms with van der Waals surface area (Å²) in [6.07, 6.45) is 2.48.